The van der Waals surface area contributed by atoms with Crippen LogP contribution in [0, 0.1) is 5.92 Å². The van der Waals surface area contributed by atoms with Crippen molar-refractivity contribution in [1.82, 2.24) is 0 Å². The van der Waals surface area contributed by atoms with Crippen molar-refractivity contribution in [3.8, 4) is 5.75 Å². The zero-order chi connectivity index (χ0) is 15.9. The highest BCUT2D eigenvalue weighted by atomic mass is 79.9. The van der Waals surface area contributed by atoms with Crippen molar-refractivity contribution >= 4 is 21.9 Å². The fourth-order valence-electron chi connectivity index (χ4n) is 2.55. The summed E-state index contributed by atoms with van der Waals surface area (Å²) in [6, 6.07) is 5.40. The Hall–Kier alpha value is -1.03. The SMILES string of the molecule is CC(C)CCOc1ccc(C(=O)OC2CCCCC2)cc1Br. The highest BCUT2D eigenvalue weighted by Crippen LogP contribution is 2.28. The number of hydrogen-bond donors (Lipinski definition) is 0. The summed E-state index contributed by atoms with van der Waals surface area (Å²) in [5, 5.41) is 0. The molecule has 0 atom stereocenters. The van der Waals surface area contributed by atoms with Crippen LogP contribution in [0.3, 0.4) is 0 Å². The molecule has 0 spiro atoms. The predicted molar refractivity (Wildman–Crippen MR) is 91.4 cm³/mol. The molecule has 122 valence electrons. The van der Waals surface area contributed by atoms with Gasteiger partial charge in [0.2, 0.25) is 0 Å². The molecule has 1 aromatic carbocycles. The zero-order valence-corrected chi connectivity index (χ0v) is 15.0. The van der Waals surface area contributed by atoms with Gasteiger partial charge in [0.05, 0.1) is 16.6 Å². The number of hydrogen-bond acceptors (Lipinski definition) is 3. The van der Waals surface area contributed by atoms with Gasteiger partial charge in [-0.15, -0.1) is 0 Å². The summed E-state index contributed by atoms with van der Waals surface area (Å²) in [6.07, 6.45) is 6.64. The van der Waals surface area contributed by atoms with Crippen molar-refractivity contribution in [2.75, 3.05) is 6.61 Å². The number of ether oxygens (including phenoxy) is 2. The molecule has 1 aliphatic rings. The molecule has 0 aromatic heterocycles. The molecule has 4 heteroatoms. The number of carbonyl (C=O) groups excluding carboxylic acids is 1. The monoisotopic (exact) mass is 368 g/mol. The molecule has 1 aromatic rings. The Balaban J connectivity index is 1.91. The van der Waals surface area contributed by atoms with E-state index in [9.17, 15) is 4.79 Å². The third-order valence-electron chi connectivity index (χ3n) is 3.95. The lowest BCUT2D eigenvalue weighted by Gasteiger charge is -2.21. The van der Waals surface area contributed by atoms with E-state index in [4.69, 9.17) is 9.47 Å². The van der Waals surface area contributed by atoms with Crippen LogP contribution < -0.4 is 4.74 Å². The lowest BCUT2D eigenvalue weighted by atomic mass is 9.98. The van der Waals surface area contributed by atoms with Gasteiger partial charge in [-0.25, -0.2) is 4.79 Å². The average molecular weight is 369 g/mol. The summed E-state index contributed by atoms with van der Waals surface area (Å²) in [4.78, 5) is 12.2. The Morgan fingerprint density at radius 1 is 1.27 bits per heavy atom. The molecule has 0 aliphatic heterocycles. The molecule has 0 saturated heterocycles. The summed E-state index contributed by atoms with van der Waals surface area (Å²) < 4.78 is 12.1. The van der Waals surface area contributed by atoms with Crippen LogP contribution in [0.1, 0.15) is 62.7 Å². The molecule has 3 nitrogen and oxygen atoms in total. The first kappa shape index (κ1) is 17.3. The van der Waals surface area contributed by atoms with Crippen molar-refractivity contribution in [2.45, 2.75) is 58.5 Å². The number of rotatable bonds is 6. The number of benzene rings is 1. The van der Waals surface area contributed by atoms with E-state index in [0.717, 1.165) is 42.3 Å². The largest absolute Gasteiger partial charge is 0.492 e. The van der Waals surface area contributed by atoms with Crippen molar-refractivity contribution in [3.05, 3.63) is 28.2 Å². The minimum atomic E-state index is -0.235. The molecule has 1 aliphatic carbocycles. The van der Waals surface area contributed by atoms with Crippen LogP contribution >= 0.6 is 15.9 Å². The molecule has 22 heavy (non-hydrogen) atoms. The van der Waals surface area contributed by atoms with E-state index in [-0.39, 0.29) is 12.1 Å². The van der Waals surface area contributed by atoms with E-state index in [0.29, 0.717) is 18.1 Å². The van der Waals surface area contributed by atoms with Crippen LogP contribution in [-0.2, 0) is 4.74 Å². The Morgan fingerprint density at radius 3 is 2.64 bits per heavy atom. The Kier molecular flexibility index (Phi) is 6.74. The number of carbonyl (C=O) groups is 1. The first-order chi connectivity index (χ1) is 10.6. The maximum absolute atomic E-state index is 12.2. The van der Waals surface area contributed by atoms with Gasteiger partial charge in [-0.05, 0) is 72.2 Å². The maximum Gasteiger partial charge on any atom is 0.338 e. The molecular weight excluding hydrogens is 344 g/mol. The predicted octanol–water partition coefficient (Wildman–Crippen LogP) is 5.36. The molecule has 0 N–H and O–H groups in total. The Morgan fingerprint density at radius 2 is 2.00 bits per heavy atom. The van der Waals surface area contributed by atoms with Gasteiger partial charge in [0.15, 0.2) is 0 Å². The van der Waals surface area contributed by atoms with Gasteiger partial charge in [0, 0.05) is 0 Å². The van der Waals surface area contributed by atoms with Gasteiger partial charge in [0.1, 0.15) is 11.9 Å². The van der Waals surface area contributed by atoms with Gasteiger partial charge in [-0.2, -0.15) is 0 Å². The quantitative estimate of drug-likeness (QED) is 0.633. The second kappa shape index (κ2) is 8.56. The van der Waals surface area contributed by atoms with Crippen LogP contribution in [0.2, 0.25) is 0 Å². The van der Waals surface area contributed by atoms with Gasteiger partial charge in [-0.1, -0.05) is 20.3 Å². The summed E-state index contributed by atoms with van der Waals surface area (Å²) >= 11 is 3.48. The highest BCUT2D eigenvalue weighted by molar-refractivity contribution is 9.10. The van der Waals surface area contributed by atoms with Crippen LogP contribution in [-0.4, -0.2) is 18.7 Å². The first-order valence-electron chi connectivity index (χ1n) is 8.19. The first-order valence-corrected chi connectivity index (χ1v) is 8.99. The molecule has 1 saturated carbocycles. The second-order valence-corrected chi connectivity index (χ2v) is 7.20. The summed E-state index contributed by atoms with van der Waals surface area (Å²) in [5.74, 6) is 1.15. The zero-order valence-electron chi connectivity index (χ0n) is 13.4. The number of esters is 1. The summed E-state index contributed by atoms with van der Waals surface area (Å²) in [6.45, 7) is 5.02. The smallest absolute Gasteiger partial charge is 0.338 e. The van der Waals surface area contributed by atoms with Gasteiger partial charge in [-0.3, -0.25) is 0 Å². The van der Waals surface area contributed by atoms with Crippen LogP contribution in [0.4, 0.5) is 0 Å². The normalized spacial score (nSPS) is 15.8. The van der Waals surface area contributed by atoms with E-state index in [1.165, 1.54) is 6.42 Å². The Bertz CT molecular complexity index is 493. The highest BCUT2D eigenvalue weighted by Gasteiger charge is 2.19. The molecule has 0 amide bonds. The fourth-order valence-corrected chi connectivity index (χ4v) is 3.05. The van der Waals surface area contributed by atoms with Crippen molar-refractivity contribution in [3.63, 3.8) is 0 Å². The maximum atomic E-state index is 12.2. The van der Waals surface area contributed by atoms with Gasteiger partial charge >= 0.3 is 5.97 Å². The molecular formula is C18H25BrO3. The van der Waals surface area contributed by atoms with Crippen LogP contribution in [0.15, 0.2) is 22.7 Å². The molecule has 1 fully saturated rings. The second-order valence-electron chi connectivity index (χ2n) is 6.34. The van der Waals surface area contributed by atoms with Crippen LogP contribution in [0.5, 0.6) is 5.75 Å². The van der Waals surface area contributed by atoms with E-state index in [1.807, 2.05) is 6.07 Å². The fraction of sp³-hybridized carbons (Fsp3) is 0.611. The van der Waals surface area contributed by atoms with Crippen molar-refractivity contribution in [2.24, 2.45) is 5.92 Å². The molecule has 0 bridgehead atoms. The minimum Gasteiger partial charge on any atom is -0.492 e. The van der Waals surface area contributed by atoms with Crippen molar-refractivity contribution in [1.29, 1.82) is 0 Å². The molecule has 0 radical (unpaired) electrons. The third kappa shape index (κ3) is 5.31. The van der Waals surface area contributed by atoms with Gasteiger partial charge < -0.3 is 9.47 Å². The minimum absolute atomic E-state index is 0.0852. The van der Waals surface area contributed by atoms with Crippen LogP contribution in [0.25, 0.3) is 0 Å². The summed E-state index contributed by atoms with van der Waals surface area (Å²) in [5.41, 5.74) is 0.577. The van der Waals surface area contributed by atoms with Gasteiger partial charge in [0.25, 0.3) is 0 Å². The third-order valence-corrected chi connectivity index (χ3v) is 4.57. The van der Waals surface area contributed by atoms with E-state index in [2.05, 4.69) is 29.8 Å². The Labute approximate surface area is 141 Å². The van der Waals surface area contributed by atoms with E-state index in [1.54, 1.807) is 12.1 Å². The average Bonchev–Trinajstić information content (AvgIpc) is 2.49. The van der Waals surface area contributed by atoms with E-state index >= 15 is 0 Å². The lowest BCUT2D eigenvalue weighted by Crippen LogP contribution is -2.20. The molecule has 2 rings (SSSR count). The van der Waals surface area contributed by atoms with E-state index < -0.39 is 0 Å². The topological polar surface area (TPSA) is 35.5 Å². The standard InChI is InChI=1S/C18H25BrO3/c1-13(2)10-11-21-17-9-8-14(12-16(17)19)18(20)22-15-6-4-3-5-7-15/h8-9,12-13,15H,3-7,10-11H2,1-2H3. The number of halogens is 1. The molecule has 0 heterocycles. The molecule has 0 unspecified atom stereocenters. The summed E-state index contributed by atoms with van der Waals surface area (Å²) in [7, 11) is 0. The lowest BCUT2D eigenvalue weighted by molar-refractivity contribution is 0.0211. The van der Waals surface area contributed by atoms with Crippen molar-refractivity contribution < 1.29 is 14.3 Å².